The topological polar surface area (TPSA) is 77.9 Å². The van der Waals surface area contributed by atoms with Gasteiger partial charge in [0.1, 0.15) is 5.92 Å². The molecule has 2 unspecified atom stereocenters. The second-order valence-electron chi connectivity index (χ2n) is 6.76. The second kappa shape index (κ2) is 6.70. The van der Waals surface area contributed by atoms with Crippen LogP contribution in [0.4, 0.5) is 11.4 Å². The summed E-state index contributed by atoms with van der Waals surface area (Å²) in [6, 6.07) is 14.0. The summed E-state index contributed by atoms with van der Waals surface area (Å²) in [6.07, 6.45) is 0.0838. The van der Waals surface area contributed by atoms with Crippen molar-refractivity contribution >= 4 is 40.8 Å². The SMILES string of the molecule is O=C(O)C1CN(C(=O)C2CC(=O)N(c3ccccc3Cl)C2)c2ccccc21. The van der Waals surface area contributed by atoms with Crippen molar-refractivity contribution in [2.45, 2.75) is 12.3 Å². The van der Waals surface area contributed by atoms with Crippen molar-refractivity contribution < 1.29 is 19.5 Å². The molecule has 2 aliphatic heterocycles. The molecule has 2 atom stereocenters. The van der Waals surface area contributed by atoms with Gasteiger partial charge in [-0.15, -0.1) is 0 Å². The molecule has 2 heterocycles. The molecule has 7 heteroatoms. The van der Waals surface area contributed by atoms with E-state index in [9.17, 15) is 19.5 Å². The number of para-hydroxylation sites is 2. The van der Waals surface area contributed by atoms with Gasteiger partial charge in [-0.2, -0.15) is 0 Å². The largest absolute Gasteiger partial charge is 0.481 e. The van der Waals surface area contributed by atoms with E-state index in [1.54, 1.807) is 48.5 Å². The number of anilines is 2. The van der Waals surface area contributed by atoms with E-state index in [1.807, 2.05) is 0 Å². The summed E-state index contributed by atoms with van der Waals surface area (Å²) >= 11 is 6.19. The monoisotopic (exact) mass is 384 g/mol. The summed E-state index contributed by atoms with van der Waals surface area (Å²) < 4.78 is 0. The lowest BCUT2D eigenvalue weighted by Crippen LogP contribution is -2.37. The van der Waals surface area contributed by atoms with Crippen molar-refractivity contribution in [3.8, 4) is 0 Å². The number of halogens is 1. The van der Waals surface area contributed by atoms with Crippen LogP contribution in [0.25, 0.3) is 0 Å². The fourth-order valence-electron chi connectivity index (χ4n) is 3.82. The van der Waals surface area contributed by atoms with Crippen LogP contribution in [0.5, 0.6) is 0 Å². The van der Waals surface area contributed by atoms with Gasteiger partial charge in [0, 0.05) is 25.2 Å². The number of aliphatic carboxylic acids is 1. The van der Waals surface area contributed by atoms with Gasteiger partial charge in [0.25, 0.3) is 0 Å². The number of carboxylic acid groups (broad SMARTS) is 1. The van der Waals surface area contributed by atoms with E-state index in [0.29, 0.717) is 22.0 Å². The van der Waals surface area contributed by atoms with Gasteiger partial charge in [-0.3, -0.25) is 14.4 Å². The van der Waals surface area contributed by atoms with Gasteiger partial charge in [-0.25, -0.2) is 0 Å². The molecule has 0 radical (unpaired) electrons. The highest BCUT2D eigenvalue weighted by Crippen LogP contribution is 2.39. The molecule has 1 saturated heterocycles. The zero-order valence-corrected chi connectivity index (χ0v) is 15.1. The highest BCUT2D eigenvalue weighted by molar-refractivity contribution is 6.34. The van der Waals surface area contributed by atoms with Crippen LogP contribution in [-0.2, 0) is 14.4 Å². The molecule has 0 spiro atoms. The van der Waals surface area contributed by atoms with E-state index in [-0.39, 0.29) is 31.3 Å². The number of fused-ring (bicyclic) bond motifs is 1. The van der Waals surface area contributed by atoms with Crippen LogP contribution >= 0.6 is 11.6 Å². The van der Waals surface area contributed by atoms with E-state index in [0.717, 1.165) is 0 Å². The quantitative estimate of drug-likeness (QED) is 0.882. The molecular weight excluding hydrogens is 368 g/mol. The Kier molecular flexibility index (Phi) is 4.36. The van der Waals surface area contributed by atoms with E-state index < -0.39 is 17.8 Å². The summed E-state index contributed by atoms with van der Waals surface area (Å²) in [6.45, 7) is 0.322. The van der Waals surface area contributed by atoms with Gasteiger partial charge in [-0.05, 0) is 23.8 Å². The van der Waals surface area contributed by atoms with Crippen molar-refractivity contribution in [1.82, 2.24) is 0 Å². The molecule has 2 aliphatic rings. The van der Waals surface area contributed by atoms with Crippen molar-refractivity contribution in [3.05, 3.63) is 59.1 Å². The third-order valence-corrected chi connectivity index (χ3v) is 5.47. The molecule has 27 heavy (non-hydrogen) atoms. The molecule has 138 valence electrons. The van der Waals surface area contributed by atoms with Gasteiger partial charge in [-0.1, -0.05) is 41.9 Å². The van der Waals surface area contributed by atoms with Crippen LogP contribution < -0.4 is 9.80 Å². The lowest BCUT2D eigenvalue weighted by molar-refractivity contribution is -0.138. The average Bonchev–Trinajstić information content (AvgIpc) is 3.23. The first-order chi connectivity index (χ1) is 13.0. The van der Waals surface area contributed by atoms with Crippen LogP contribution in [0.15, 0.2) is 48.5 Å². The zero-order chi connectivity index (χ0) is 19.1. The Morgan fingerprint density at radius 2 is 1.67 bits per heavy atom. The molecule has 2 aromatic rings. The Balaban J connectivity index is 1.59. The predicted octanol–water partition coefficient (Wildman–Crippen LogP) is 2.91. The third kappa shape index (κ3) is 2.96. The Morgan fingerprint density at radius 1 is 1.00 bits per heavy atom. The number of carbonyl (C=O) groups is 3. The molecule has 2 amide bonds. The summed E-state index contributed by atoms with van der Waals surface area (Å²) in [5.74, 6) is -2.63. The molecule has 0 bridgehead atoms. The number of carboxylic acids is 1. The first-order valence-electron chi connectivity index (χ1n) is 8.65. The summed E-state index contributed by atoms with van der Waals surface area (Å²) in [4.78, 5) is 40.2. The smallest absolute Gasteiger partial charge is 0.312 e. The maximum Gasteiger partial charge on any atom is 0.312 e. The van der Waals surface area contributed by atoms with Crippen molar-refractivity contribution in [2.24, 2.45) is 5.92 Å². The van der Waals surface area contributed by atoms with Gasteiger partial charge >= 0.3 is 5.97 Å². The predicted molar refractivity (Wildman–Crippen MR) is 101 cm³/mol. The lowest BCUT2D eigenvalue weighted by atomic mass is 10.0. The average molecular weight is 385 g/mol. The number of hydrogen-bond acceptors (Lipinski definition) is 3. The number of hydrogen-bond donors (Lipinski definition) is 1. The van der Waals surface area contributed by atoms with E-state index >= 15 is 0 Å². The lowest BCUT2D eigenvalue weighted by Gasteiger charge is -2.22. The minimum atomic E-state index is -0.960. The van der Waals surface area contributed by atoms with Crippen molar-refractivity contribution in [2.75, 3.05) is 22.9 Å². The van der Waals surface area contributed by atoms with Gasteiger partial charge in [0.05, 0.1) is 16.6 Å². The Labute approximate surface area is 160 Å². The van der Waals surface area contributed by atoms with E-state index in [1.165, 1.54) is 9.80 Å². The number of benzene rings is 2. The fraction of sp³-hybridized carbons (Fsp3) is 0.250. The molecule has 0 aliphatic carbocycles. The number of nitrogens with zero attached hydrogens (tertiary/aromatic N) is 2. The van der Waals surface area contributed by atoms with E-state index in [2.05, 4.69) is 0 Å². The molecule has 2 aromatic carbocycles. The third-order valence-electron chi connectivity index (χ3n) is 5.15. The molecule has 4 rings (SSSR count). The normalized spacial score (nSPS) is 21.4. The number of carbonyl (C=O) groups excluding carboxylic acids is 2. The first kappa shape index (κ1) is 17.5. The van der Waals surface area contributed by atoms with Gasteiger partial charge < -0.3 is 14.9 Å². The Hall–Kier alpha value is -2.86. The second-order valence-corrected chi connectivity index (χ2v) is 7.16. The minimum Gasteiger partial charge on any atom is -0.481 e. The molecule has 0 aromatic heterocycles. The van der Waals surface area contributed by atoms with Crippen LogP contribution in [-0.4, -0.2) is 36.0 Å². The summed E-state index contributed by atoms with van der Waals surface area (Å²) in [5.41, 5.74) is 1.83. The van der Waals surface area contributed by atoms with Crippen molar-refractivity contribution in [3.63, 3.8) is 0 Å². The summed E-state index contributed by atoms with van der Waals surface area (Å²) in [5, 5.41) is 9.93. The highest BCUT2D eigenvalue weighted by atomic mass is 35.5. The maximum absolute atomic E-state index is 13.1. The Bertz CT molecular complexity index is 945. The van der Waals surface area contributed by atoms with Gasteiger partial charge in [0.15, 0.2) is 0 Å². The molecule has 1 fully saturated rings. The first-order valence-corrected chi connectivity index (χ1v) is 9.03. The van der Waals surface area contributed by atoms with E-state index in [4.69, 9.17) is 11.6 Å². The van der Waals surface area contributed by atoms with Crippen LogP contribution in [0, 0.1) is 5.92 Å². The Morgan fingerprint density at radius 3 is 2.37 bits per heavy atom. The minimum absolute atomic E-state index is 0.0838. The molecular formula is C20H17ClN2O4. The maximum atomic E-state index is 13.1. The van der Waals surface area contributed by atoms with Crippen molar-refractivity contribution in [1.29, 1.82) is 0 Å². The zero-order valence-electron chi connectivity index (χ0n) is 14.3. The van der Waals surface area contributed by atoms with Crippen LogP contribution in [0.3, 0.4) is 0 Å². The summed E-state index contributed by atoms with van der Waals surface area (Å²) in [7, 11) is 0. The fourth-order valence-corrected chi connectivity index (χ4v) is 4.06. The van der Waals surface area contributed by atoms with Gasteiger partial charge in [0.2, 0.25) is 11.8 Å². The standard InChI is InChI=1S/C20H17ClN2O4/c21-15-6-2-4-8-17(15)22-10-12(9-18(22)24)19(25)23-11-14(20(26)27)13-5-1-3-7-16(13)23/h1-8,12,14H,9-11H2,(H,26,27). The number of rotatable bonds is 3. The highest BCUT2D eigenvalue weighted by Gasteiger charge is 2.42. The van der Waals surface area contributed by atoms with Crippen LogP contribution in [0.2, 0.25) is 5.02 Å². The number of amides is 2. The molecule has 1 N–H and O–H groups in total. The molecule has 6 nitrogen and oxygen atoms in total. The van der Waals surface area contributed by atoms with Crippen LogP contribution in [0.1, 0.15) is 17.9 Å². The molecule has 0 saturated carbocycles.